The van der Waals surface area contributed by atoms with Crippen LogP contribution >= 0.6 is 0 Å². The maximum atomic E-state index is 12.6. The van der Waals surface area contributed by atoms with Crippen molar-refractivity contribution < 1.29 is 9.59 Å². The first kappa shape index (κ1) is 13.4. The summed E-state index contributed by atoms with van der Waals surface area (Å²) < 4.78 is 0. The number of benzene rings is 1. The highest BCUT2D eigenvalue weighted by Gasteiger charge is 2.35. The average Bonchev–Trinajstić information content (AvgIpc) is 2.38. The molecule has 1 aromatic carbocycles. The van der Waals surface area contributed by atoms with Crippen molar-refractivity contribution in [3.8, 4) is 0 Å². The van der Waals surface area contributed by atoms with E-state index in [1.54, 1.807) is 17.0 Å². The minimum atomic E-state index is -0.661. The van der Waals surface area contributed by atoms with Crippen molar-refractivity contribution in [1.29, 1.82) is 0 Å². The average molecular weight is 261 g/mol. The number of carbonyl (C=O) groups excluding carboxylic acids is 2. The molecule has 5 nitrogen and oxygen atoms in total. The van der Waals surface area contributed by atoms with Gasteiger partial charge in [0, 0.05) is 18.8 Å². The zero-order valence-corrected chi connectivity index (χ0v) is 11.3. The van der Waals surface area contributed by atoms with E-state index < -0.39 is 5.41 Å². The predicted octanol–water partition coefficient (Wildman–Crippen LogP) is 0.505. The second kappa shape index (κ2) is 4.91. The van der Waals surface area contributed by atoms with E-state index in [2.05, 4.69) is 5.32 Å². The van der Waals surface area contributed by atoms with Crippen molar-refractivity contribution in [2.24, 2.45) is 0 Å². The summed E-state index contributed by atoms with van der Waals surface area (Å²) in [5.41, 5.74) is 6.57. The Morgan fingerprint density at radius 3 is 2.53 bits per heavy atom. The molecule has 19 heavy (non-hydrogen) atoms. The van der Waals surface area contributed by atoms with Gasteiger partial charge in [-0.25, -0.2) is 0 Å². The summed E-state index contributed by atoms with van der Waals surface area (Å²) in [6.45, 7) is 4.95. The van der Waals surface area contributed by atoms with Crippen LogP contribution in [0, 0.1) is 0 Å². The van der Waals surface area contributed by atoms with E-state index in [-0.39, 0.29) is 18.4 Å². The first-order valence-corrected chi connectivity index (χ1v) is 6.33. The molecule has 3 N–H and O–H groups in total. The second-order valence-corrected chi connectivity index (χ2v) is 5.32. The quantitative estimate of drug-likeness (QED) is 0.761. The molecule has 1 heterocycles. The van der Waals surface area contributed by atoms with Gasteiger partial charge >= 0.3 is 0 Å². The van der Waals surface area contributed by atoms with Crippen molar-refractivity contribution in [3.63, 3.8) is 0 Å². The van der Waals surface area contributed by atoms with Gasteiger partial charge in [-0.15, -0.1) is 0 Å². The lowest BCUT2D eigenvalue weighted by Gasteiger charge is -2.34. The normalized spacial score (nSPS) is 16.1. The molecule has 1 aromatic rings. The van der Waals surface area contributed by atoms with Crippen LogP contribution in [0.1, 0.15) is 19.4 Å². The number of piperazine rings is 1. The minimum Gasteiger partial charge on any atom is -0.399 e. The fraction of sp³-hybridized carbons (Fsp3) is 0.429. The summed E-state index contributed by atoms with van der Waals surface area (Å²) in [6, 6.07) is 7.29. The summed E-state index contributed by atoms with van der Waals surface area (Å²) >= 11 is 0. The third-order valence-corrected chi connectivity index (χ3v) is 3.49. The SMILES string of the molecule is CC(C)(C(=O)N1CCNC(=O)C1)c1ccc(N)cc1. The Balaban J connectivity index is 2.20. The van der Waals surface area contributed by atoms with Crippen molar-refractivity contribution in [1.82, 2.24) is 10.2 Å². The molecule has 0 radical (unpaired) electrons. The molecule has 0 unspecified atom stereocenters. The summed E-state index contributed by atoms with van der Waals surface area (Å²) in [7, 11) is 0. The number of hydrogen-bond acceptors (Lipinski definition) is 3. The Morgan fingerprint density at radius 1 is 1.32 bits per heavy atom. The molecule has 0 spiro atoms. The molecule has 102 valence electrons. The smallest absolute Gasteiger partial charge is 0.239 e. The zero-order chi connectivity index (χ0) is 14.0. The topological polar surface area (TPSA) is 75.4 Å². The number of nitrogens with one attached hydrogen (secondary N) is 1. The van der Waals surface area contributed by atoms with Crippen LogP contribution in [0.5, 0.6) is 0 Å². The number of nitrogens with two attached hydrogens (primary N) is 1. The summed E-state index contributed by atoms with van der Waals surface area (Å²) in [5, 5.41) is 2.72. The Bertz CT molecular complexity index is 494. The molecule has 0 atom stereocenters. The minimum absolute atomic E-state index is 0.0351. The first-order chi connectivity index (χ1) is 8.91. The summed E-state index contributed by atoms with van der Waals surface area (Å²) in [5.74, 6) is -0.139. The van der Waals surface area contributed by atoms with Crippen LogP contribution < -0.4 is 11.1 Å². The monoisotopic (exact) mass is 261 g/mol. The highest BCUT2D eigenvalue weighted by molar-refractivity contribution is 5.91. The summed E-state index contributed by atoms with van der Waals surface area (Å²) in [6.07, 6.45) is 0. The van der Waals surface area contributed by atoms with Crippen LogP contribution in [-0.2, 0) is 15.0 Å². The van der Waals surface area contributed by atoms with Gasteiger partial charge in [0.25, 0.3) is 0 Å². The maximum Gasteiger partial charge on any atom is 0.239 e. The molecule has 0 aliphatic carbocycles. The molecule has 2 rings (SSSR count). The van der Waals surface area contributed by atoms with Gasteiger partial charge in [-0.05, 0) is 31.5 Å². The van der Waals surface area contributed by atoms with Gasteiger partial charge in [-0.2, -0.15) is 0 Å². The van der Waals surface area contributed by atoms with Crippen molar-refractivity contribution in [2.45, 2.75) is 19.3 Å². The van der Waals surface area contributed by atoms with Gasteiger partial charge < -0.3 is 16.0 Å². The molecule has 0 saturated carbocycles. The number of hydrogen-bond donors (Lipinski definition) is 2. The lowest BCUT2D eigenvalue weighted by molar-refractivity contribution is -0.142. The van der Waals surface area contributed by atoms with Crippen molar-refractivity contribution >= 4 is 17.5 Å². The van der Waals surface area contributed by atoms with Crippen LogP contribution in [0.3, 0.4) is 0 Å². The van der Waals surface area contributed by atoms with Gasteiger partial charge in [-0.3, -0.25) is 9.59 Å². The predicted molar refractivity (Wildman–Crippen MR) is 73.5 cm³/mol. The first-order valence-electron chi connectivity index (χ1n) is 6.33. The Morgan fingerprint density at radius 2 is 1.95 bits per heavy atom. The number of nitrogen functional groups attached to an aromatic ring is 1. The number of amides is 2. The molecular weight excluding hydrogens is 242 g/mol. The number of anilines is 1. The van der Waals surface area contributed by atoms with E-state index in [4.69, 9.17) is 5.73 Å². The molecule has 1 saturated heterocycles. The van der Waals surface area contributed by atoms with Crippen LogP contribution in [0.25, 0.3) is 0 Å². The van der Waals surface area contributed by atoms with E-state index in [9.17, 15) is 9.59 Å². The lowest BCUT2D eigenvalue weighted by atomic mass is 9.83. The van der Waals surface area contributed by atoms with Gasteiger partial charge in [0.2, 0.25) is 11.8 Å². The zero-order valence-electron chi connectivity index (χ0n) is 11.3. The third kappa shape index (κ3) is 2.70. The highest BCUT2D eigenvalue weighted by atomic mass is 16.2. The molecule has 2 amide bonds. The van der Waals surface area contributed by atoms with Crippen LogP contribution in [-0.4, -0.2) is 36.3 Å². The van der Waals surface area contributed by atoms with Crippen molar-refractivity contribution in [3.05, 3.63) is 29.8 Å². The summed E-state index contributed by atoms with van der Waals surface area (Å²) in [4.78, 5) is 25.5. The number of nitrogens with zero attached hydrogens (tertiary/aromatic N) is 1. The Labute approximate surface area is 112 Å². The largest absolute Gasteiger partial charge is 0.399 e. The Hall–Kier alpha value is -2.04. The van der Waals surface area contributed by atoms with E-state index in [1.165, 1.54) is 0 Å². The fourth-order valence-corrected chi connectivity index (χ4v) is 2.23. The third-order valence-electron chi connectivity index (χ3n) is 3.49. The van der Waals surface area contributed by atoms with Gasteiger partial charge in [0.05, 0.1) is 12.0 Å². The van der Waals surface area contributed by atoms with Gasteiger partial charge in [-0.1, -0.05) is 12.1 Å². The number of carbonyl (C=O) groups is 2. The van der Waals surface area contributed by atoms with E-state index in [0.717, 1.165) is 5.56 Å². The standard InChI is InChI=1S/C14H19N3O2/c1-14(2,10-3-5-11(15)6-4-10)13(19)17-8-7-16-12(18)9-17/h3-6H,7-9,15H2,1-2H3,(H,16,18). The van der Waals surface area contributed by atoms with Gasteiger partial charge in [0.1, 0.15) is 0 Å². The molecule has 5 heteroatoms. The van der Waals surface area contributed by atoms with Crippen LogP contribution in [0.2, 0.25) is 0 Å². The fourth-order valence-electron chi connectivity index (χ4n) is 2.23. The second-order valence-electron chi connectivity index (χ2n) is 5.32. The molecule has 1 fully saturated rings. The lowest BCUT2D eigenvalue weighted by Crippen LogP contribution is -2.54. The van der Waals surface area contributed by atoms with Crippen LogP contribution in [0.15, 0.2) is 24.3 Å². The molecule has 0 bridgehead atoms. The van der Waals surface area contributed by atoms with Crippen molar-refractivity contribution in [2.75, 3.05) is 25.4 Å². The van der Waals surface area contributed by atoms with E-state index in [1.807, 2.05) is 26.0 Å². The molecular formula is C14H19N3O2. The molecule has 1 aliphatic rings. The van der Waals surface area contributed by atoms with Gasteiger partial charge in [0.15, 0.2) is 0 Å². The van der Waals surface area contributed by atoms with E-state index in [0.29, 0.717) is 18.8 Å². The Kier molecular flexibility index (Phi) is 3.46. The van der Waals surface area contributed by atoms with E-state index >= 15 is 0 Å². The maximum absolute atomic E-state index is 12.6. The highest BCUT2D eigenvalue weighted by Crippen LogP contribution is 2.26. The molecule has 0 aromatic heterocycles. The van der Waals surface area contributed by atoms with Crippen LogP contribution in [0.4, 0.5) is 5.69 Å². The molecule has 1 aliphatic heterocycles. The number of rotatable bonds is 2.